The summed E-state index contributed by atoms with van der Waals surface area (Å²) in [5.41, 5.74) is 1.84. The van der Waals surface area contributed by atoms with Crippen molar-refractivity contribution in [3.8, 4) is 17.2 Å². The molecule has 1 aliphatic heterocycles. The molecule has 116 valence electrons. The lowest BCUT2D eigenvalue weighted by molar-refractivity contribution is 0.0393. The van der Waals surface area contributed by atoms with E-state index >= 15 is 0 Å². The molecule has 6 nitrogen and oxygen atoms in total. The monoisotopic (exact) mass is 294 g/mol. The lowest BCUT2D eigenvalue weighted by atomic mass is 10.1. The Labute approximate surface area is 125 Å². The van der Waals surface area contributed by atoms with Gasteiger partial charge < -0.3 is 18.9 Å². The lowest BCUT2D eigenvalue weighted by Gasteiger charge is -2.24. The van der Waals surface area contributed by atoms with Crippen molar-refractivity contribution in [2.24, 2.45) is 5.10 Å². The van der Waals surface area contributed by atoms with E-state index in [0.29, 0.717) is 30.5 Å². The first-order valence-electron chi connectivity index (χ1n) is 6.88. The summed E-state index contributed by atoms with van der Waals surface area (Å²) in [6, 6.07) is 3.81. The summed E-state index contributed by atoms with van der Waals surface area (Å²) >= 11 is 0. The Morgan fingerprint density at radius 3 is 2.10 bits per heavy atom. The Kier molecular flexibility index (Phi) is 5.27. The third kappa shape index (κ3) is 3.58. The summed E-state index contributed by atoms with van der Waals surface area (Å²) in [5.74, 6) is 1.84. The van der Waals surface area contributed by atoms with Crippen LogP contribution in [0.25, 0.3) is 0 Å². The molecule has 1 saturated heterocycles. The number of hydrogen-bond acceptors (Lipinski definition) is 6. The number of rotatable bonds is 5. The van der Waals surface area contributed by atoms with Crippen LogP contribution in [0.2, 0.25) is 0 Å². The van der Waals surface area contributed by atoms with Gasteiger partial charge in [0.2, 0.25) is 5.75 Å². The van der Waals surface area contributed by atoms with Crippen LogP contribution >= 0.6 is 0 Å². The number of methoxy groups -OCH3 is 3. The van der Waals surface area contributed by atoms with Crippen LogP contribution in [0.15, 0.2) is 17.2 Å². The molecule has 0 aromatic heterocycles. The second-order valence-corrected chi connectivity index (χ2v) is 4.67. The number of ether oxygens (including phenoxy) is 4. The maximum absolute atomic E-state index is 5.37. The number of nitrogens with zero attached hydrogens (tertiary/aromatic N) is 2. The van der Waals surface area contributed by atoms with Crippen molar-refractivity contribution in [3.63, 3.8) is 0 Å². The van der Waals surface area contributed by atoms with Gasteiger partial charge >= 0.3 is 0 Å². The highest BCUT2D eigenvalue weighted by molar-refractivity contribution is 5.99. The molecule has 6 heteroatoms. The van der Waals surface area contributed by atoms with E-state index in [2.05, 4.69) is 5.10 Å². The smallest absolute Gasteiger partial charge is 0.203 e. The third-order valence-corrected chi connectivity index (χ3v) is 3.36. The van der Waals surface area contributed by atoms with E-state index in [1.54, 1.807) is 21.3 Å². The summed E-state index contributed by atoms with van der Waals surface area (Å²) in [5, 5.41) is 6.65. The molecule has 1 aromatic carbocycles. The normalized spacial score (nSPS) is 15.8. The topological polar surface area (TPSA) is 52.5 Å². The van der Waals surface area contributed by atoms with Crippen molar-refractivity contribution < 1.29 is 18.9 Å². The molecule has 1 aromatic rings. The van der Waals surface area contributed by atoms with Crippen molar-refractivity contribution in [1.29, 1.82) is 0 Å². The molecular formula is C15H22N2O4. The minimum absolute atomic E-state index is 0.586. The fraction of sp³-hybridized carbons (Fsp3) is 0.533. The molecule has 0 N–H and O–H groups in total. The SMILES string of the molecule is COc1cc(/C(C)=N\N2CCOCC2)cc(OC)c1OC. The summed E-state index contributed by atoms with van der Waals surface area (Å²) in [6.07, 6.45) is 0. The Bertz CT molecular complexity index is 485. The van der Waals surface area contributed by atoms with E-state index < -0.39 is 0 Å². The maximum Gasteiger partial charge on any atom is 0.203 e. The third-order valence-electron chi connectivity index (χ3n) is 3.36. The maximum atomic E-state index is 5.37. The molecule has 0 amide bonds. The molecule has 0 saturated carbocycles. The Hall–Kier alpha value is -1.95. The zero-order chi connectivity index (χ0) is 15.2. The van der Waals surface area contributed by atoms with E-state index in [0.717, 1.165) is 24.4 Å². The molecule has 0 unspecified atom stereocenters. The van der Waals surface area contributed by atoms with Crippen LogP contribution in [0.4, 0.5) is 0 Å². The van der Waals surface area contributed by atoms with E-state index in [1.165, 1.54) is 0 Å². The quantitative estimate of drug-likeness (QED) is 0.775. The van der Waals surface area contributed by atoms with E-state index in [1.807, 2.05) is 24.1 Å². The first kappa shape index (κ1) is 15.4. The van der Waals surface area contributed by atoms with E-state index in [4.69, 9.17) is 18.9 Å². The molecule has 1 fully saturated rings. The van der Waals surface area contributed by atoms with Crippen LogP contribution in [0.3, 0.4) is 0 Å². The molecule has 0 spiro atoms. The molecule has 2 rings (SSSR count). The molecule has 21 heavy (non-hydrogen) atoms. The van der Waals surface area contributed by atoms with Crippen LogP contribution < -0.4 is 14.2 Å². The molecule has 0 bridgehead atoms. The zero-order valence-electron chi connectivity index (χ0n) is 13.0. The summed E-state index contributed by atoms with van der Waals surface area (Å²) in [4.78, 5) is 0. The van der Waals surface area contributed by atoms with Gasteiger partial charge in [-0.25, -0.2) is 0 Å². The molecular weight excluding hydrogens is 272 g/mol. The number of morpholine rings is 1. The minimum Gasteiger partial charge on any atom is -0.493 e. The highest BCUT2D eigenvalue weighted by Gasteiger charge is 2.15. The van der Waals surface area contributed by atoms with E-state index in [-0.39, 0.29) is 0 Å². The van der Waals surface area contributed by atoms with Gasteiger partial charge in [0.1, 0.15) is 0 Å². The molecule has 0 atom stereocenters. The van der Waals surface area contributed by atoms with Crippen LogP contribution in [-0.4, -0.2) is 58.4 Å². The van der Waals surface area contributed by atoms with Crippen molar-refractivity contribution in [2.75, 3.05) is 47.6 Å². The fourth-order valence-electron chi connectivity index (χ4n) is 2.21. The second-order valence-electron chi connectivity index (χ2n) is 4.67. The van der Waals surface area contributed by atoms with Crippen LogP contribution in [0.5, 0.6) is 17.2 Å². The summed E-state index contributed by atoms with van der Waals surface area (Å²) in [6.45, 7) is 5.01. The minimum atomic E-state index is 0.586. The fourth-order valence-corrected chi connectivity index (χ4v) is 2.21. The number of hydrogen-bond donors (Lipinski definition) is 0. The summed E-state index contributed by atoms with van der Waals surface area (Å²) in [7, 11) is 4.81. The van der Waals surface area contributed by atoms with Crippen LogP contribution in [0.1, 0.15) is 12.5 Å². The average molecular weight is 294 g/mol. The van der Waals surface area contributed by atoms with Gasteiger partial charge in [-0.2, -0.15) is 5.10 Å². The molecule has 0 aliphatic carbocycles. The Balaban J connectivity index is 2.31. The van der Waals surface area contributed by atoms with Gasteiger partial charge in [0, 0.05) is 5.56 Å². The van der Waals surface area contributed by atoms with Gasteiger partial charge in [-0.15, -0.1) is 0 Å². The van der Waals surface area contributed by atoms with E-state index in [9.17, 15) is 0 Å². The highest BCUT2D eigenvalue weighted by atomic mass is 16.5. The number of benzene rings is 1. The van der Waals surface area contributed by atoms with Crippen LogP contribution in [-0.2, 0) is 4.74 Å². The average Bonchev–Trinajstić information content (AvgIpc) is 2.54. The number of hydrazone groups is 1. The standard InChI is InChI=1S/C15H22N2O4/c1-11(16-17-5-7-21-8-6-17)12-9-13(18-2)15(20-4)14(10-12)19-3/h9-10H,5-8H2,1-4H3/b16-11-. The van der Waals surface area contributed by atoms with Gasteiger partial charge in [-0.05, 0) is 19.1 Å². The van der Waals surface area contributed by atoms with Crippen molar-refractivity contribution >= 4 is 5.71 Å². The van der Waals surface area contributed by atoms with Gasteiger partial charge in [-0.1, -0.05) is 0 Å². The zero-order valence-corrected chi connectivity index (χ0v) is 13.0. The molecule has 0 radical (unpaired) electrons. The highest BCUT2D eigenvalue weighted by Crippen LogP contribution is 2.38. The predicted octanol–water partition coefficient (Wildman–Crippen LogP) is 1.77. The van der Waals surface area contributed by atoms with Crippen molar-refractivity contribution in [2.45, 2.75) is 6.92 Å². The van der Waals surface area contributed by atoms with Gasteiger partial charge in [0.15, 0.2) is 11.5 Å². The van der Waals surface area contributed by atoms with Crippen molar-refractivity contribution in [1.82, 2.24) is 5.01 Å². The van der Waals surface area contributed by atoms with Crippen LogP contribution in [0, 0.1) is 0 Å². The van der Waals surface area contributed by atoms with Gasteiger partial charge in [0.05, 0.1) is 53.3 Å². The molecule has 1 heterocycles. The van der Waals surface area contributed by atoms with Gasteiger partial charge in [0.25, 0.3) is 0 Å². The summed E-state index contributed by atoms with van der Waals surface area (Å²) < 4.78 is 21.4. The Morgan fingerprint density at radius 1 is 1.05 bits per heavy atom. The lowest BCUT2D eigenvalue weighted by Crippen LogP contribution is -2.33. The molecule has 1 aliphatic rings. The van der Waals surface area contributed by atoms with Crippen molar-refractivity contribution in [3.05, 3.63) is 17.7 Å². The predicted molar refractivity (Wildman–Crippen MR) is 80.7 cm³/mol. The second kappa shape index (κ2) is 7.17. The Morgan fingerprint density at radius 2 is 1.62 bits per heavy atom. The first-order valence-corrected chi connectivity index (χ1v) is 6.88. The van der Waals surface area contributed by atoms with Gasteiger partial charge in [-0.3, -0.25) is 5.01 Å². The first-order chi connectivity index (χ1) is 10.2. The largest absolute Gasteiger partial charge is 0.493 e.